The number of para-hydroxylation sites is 1. The zero-order chi connectivity index (χ0) is 26.2. The largest absolute Gasteiger partial charge is 0.493 e. The molecule has 0 atom stereocenters. The Morgan fingerprint density at radius 2 is 1.68 bits per heavy atom. The highest BCUT2D eigenvalue weighted by atomic mass is 32.2. The first-order valence-corrected chi connectivity index (χ1v) is 12.7. The monoisotopic (exact) mass is 534 g/mol. The van der Waals surface area contributed by atoms with Gasteiger partial charge in [0, 0.05) is 16.9 Å². The summed E-state index contributed by atoms with van der Waals surface area (Å²) >= 11 is 6.51. The number of hydrogen-bond donors (Lipinski definition) is 3. The molecule has 190 valence electrons. The summed E-state index contributed by atoms with van der Waals surface area (Å²) in [6.45, 7) is 2.01. The molecule has 1 heterocycles. The molecule has 3 aromatic carbocycles. The second-order valence-corrected chi connectivity index (χ2v) is 9.18. The number of nitrogens with one attached hydrogen (secondary N) is 3. The number of carbonyl (C=O) groups excluding carboxylic acids is 1. The predicted octanol–water partition coefficient (Wildman–Crippen LogP) is 4.37. The van der Waals surface area contributed by atoms with Crippen molar-refractivity contribution in [2.24, 2.45) is 0 Å². The number of anilines is 1. The van der Waals surface area contributed by atoms with Crippen molar-refractivity contribution in [3.05, 3.63) is 78.4 Å². The quantitative estimate of drug-likeness (QED) is 0.173. The standard InChI is InChI=1S/C26H26N6O3S2/c1-17-9-12-19(13-10-17)27-25(36)30-28-23(33)16-37-26-31-29-24(32(26)20-7-5-4-6-8-20)18-11-14-21(34-2)22(15-18)35-3/h4-15H,16H2,1-3H3,(H,28,33)(H2,27,30,36). The van der Waals surface area contributed by atoms with Crippen LogP contribution in [-0.4, -0.2) is 45.8 Å². The third-order valence-corrected chi connectivity index (χ3v) is 6.38. The van der Waals surface area contributed by atoms with E-state index < -0.39 is 0 Å². The van der Waals surface area contributed by atoms with Crippen molar-refractivity contribution in [2.45, 2.75) is 12.1 Å². The van der Waals surface area contributed by atoms with E-state index in [4.69, 9.17) is 21.7 Å². The molecular formula is C26H26N6O3S2. The van der Waals surface area contributed by atoms with Gasteiger partial charge in [-0.05, 0) is 61.6 Å². The zero-order valence-corrected chi connectivity index (χ0v) is 22.2. The van der Waals surface area contributed by atoms with Gasteiger partial charge in [-0.25, -0.2) is 0 Å². The highest BCUT2D eigenvalue weighted by Crippen LogP contribution is 2.34. The third-order valence-electron chi connectivity index (χ3n) is 5.25. The summed E-state index contributed by atoms with van der Waals surface area (Å²) in [5, 5.41) is 12.6. The van der Waals surface area contributed by atoms with E-state index >= 15 is 0 Å². The molecule has 0 aliphatic carbocycles. The maximum Gasteiger partial charge on any atom is 0.248 e. The lowest BCUT2D eigenvalue weighted by Gasteiger charge is -2.13. The molecule has 1 aromatic heterocycles. The number of aryl methyl sites for hydroxylation is 1. The fourth-order valence-electron chi connectivity index (χ4n) is 3.43. The van der Waals surface area contributed by atoms with Gasteiger partial charge in [0.05, 0.1) is 20.0 Å². The van der Waals surface area contributed by atoms with Gasteiger partial charge in [-0.2, -0.15) is 0 Å². The van der Waals surface area contributed by atoms with E-state index in [1.165, 1.54) is 11.8 Å². The number of amides is 1. The van der Waals surface area contributed by atoms with Crippen LogP contribution in [0, 0.1) is 6.92 Å². The van der Waals surface area contributed by atoms with Crippen LogP contribution in [0.1, 0.15) is 5.56 Å². The Labute approximate surface area is 224 Å². The molecule has 0 radical (unpaired) electrons. The summed E-state index contributed by atoms with van der Waals surface area (Å²) in [6.07, 6.45) is 0. The fraction of sp³-hybridized carbons (Fsp3) is 0.154. The summed E-state index contributed by atoms with van der Waals surface area (Å²) in [4.78, 5) is 12.5. The van der Waals surface area contributed by atoms with Gasteiger partial charge >= 0.3 is 0 Å². The van der Waals surface area contributed by atoms with Crippen molar-refractivity contribution in [1.29, 1.82) is 0 Å². The average molecular weight is 535 g/mol. The number of benzene rings is 3. The molecule has 0 bridgehead atoms. The zero-order valence-electron chi connectivity index (χ0n) is 20.5. The molecule has 0 saturated carbocycles. The van der Waals surface area contributed by atoms with Crippen LogP contribution in [0.3, 0.4) is 0 Å². The highest BCUT2D eigenvalue weighted by Gasteiger charge is 2.19. The molecule has 4 aromatic rings. The maximum absolute atomic E-state index is 12.5. The molecule has 4 rings (SSSR count). The Morgan fingerprint density at radius 1 is 0.946 bits per heavy atom. The van der Waals surface area contributed by atoms with E-state index in [-0.39, 0.29) is 16.8 Å². The maximum atomic E-state index is 12.5. The Hall–Kier alpha value is -4.09. The number of nitrogens with zero attached hydrogens (tertiary/aromatic N) is 3. The van der Waals surface area contributed by atoms with Crippen LogP contribution in [-0.2, 0) is 4.79 Å². The van der Waals surface area contributed by atoms with Crippen molar-refractivity contribution in [2.75, 3.05) is 25.3 Å². The number of thioether (sulfide) groups is 1. The van der Waals surface area contributed by atoms with Gasteiger partial charge in [0.2, 0.25) is 5.91 Å². The Kier molecular flexibility index (Phi) is 8.60. The van der Waals surface area contributed by atoms with Gasteiger partial charge in [-0.1, -0.05) is 47.7 Å². The van der Waals surface area contributed by atoms with Gasteiger partial charge in [-0.3, -0.25) is 20.2 Å². The molecule has 0 aliphatic rings. The lowest BCUT2D eigenvalue weighted by Crippen LogP contribution is -2.44. The van der Waals surface area contributed by atoms with Crippen molar-refractivity contribution in [3.63, 3.8) is 0 Å². The lowest BCUT2D eigenvalue weighted by molar-refractivity contribution is -0.119. The molecule has 0 unspecified atom stereocenters. The number of rotatable bonds is 8. The summed E-state index contributed by atoms with van der Waals surface area (Å²) in [6, 6.07) is 23.0. The van der Waals surface area contributed by atoms with Crippen LogP contribution >= 0.6 is 24.0 Å². The molecular weight excluding hydrogens is 508 g/mol. The number of hydrazine groups is 1. The van der Waals surface area contributed by atoms with Crippen molar-refractivity contribution >= 4 is 40.7 Å². The van der Waals surface area contributed by atoms with Crippen molar-refractivity contribution < 1.29 is 14.3 Å². The third kappa shape index (κ3) is 6.57. The lowest BCUT2D eigenvalue weighted by atomic mass is 10.2. The smallest absolute Gasteiger partial charge is 0.248 e. The first-order valence-electron chi connectivity index (χ1n) is 11.3. The van der Waals surface area contributed by atoms with E-state index in [0.29, 0.717) is 22.5 Å². The molecule has 9 nitrogen and oxygen atoms in total. The van der Waals surface area contributed by atoms with Crippen LogP contribution in [0.5, 0.6) is 11.5 Å². The molecule has 0 spiro atoms. The SMILES string of the molecule is COc1ccc(-c2nnc(SCC(=O)NNC(=S)Nc3ccc(C)cc3)n2-c2ccccc2)cc1OC. The number of carbonyl (C=O) groups is 1. The molecule has 0 saturated heterocycles. The Morgan fingerprint density at radius 3 is 2.38 bits per heavy atom. The minimum Gasteiger partial charge on any atom is -0.493 e. The minimum atomic E-state index is -0.270. The van der Waals surface area contributed by atoms with Crippen LogP contribution < -0.4 is 25.6 Å². The van der Waals surface area contributed by atoms with Crippen LogP contribution in [0.4, 0.5) is 5.69 Å². The number of hydrogen-bond acceptors (Lipinski definition) is 7. The van der Waals surface area contributed by atoms with E-state index in [1.54, 1.807) is 14.2 Å². The predicted molar refractivity (Wildman–Crippen MR) is 149 cm³/mol. The second-order valence-electron chi connectivity index (χ2n) is 7.83. The van der Waals surface area contributed by atoms with Gasteiger partial charge in [0.15, 0.2) is 27.6 Å². The van der Waals surface area contributed by atoms with Crippen LogP contribution in [0.25, 0.3) is 17.1 Å². The van der Waals surface area contributed by atoms with Gasteiger partial charge in [0.1, 0.15) is 0 Å². The van der Waals surface area contributed by atoms with Crippen molar-refractivity contribution in [1.82, 2.24) is 25.6 Å². The number of methoxy groups -OCH3 is 2. The Balaban J connectivity index is 1.46. The van der Waals surface area contributed by atoms with Crippen LogP contribution in [0.15, 0.2) is 78.0 Å². The summed E-state index contributed by atoms with van der Waals surface area (Å²) in [5.41, 5.74) is 8.95. The van der Waals surface area contributed by atoms with E-state index in [9.17, 15) is 4.79 Å². The molecule has 1 amide bonds. The number of aromatic nitrogens is 3. The summed E-state index contributed by atoms with van der Waals surface area (Å²) < 4.78 is 12.7. The average Bonchev–Trinajstić information content (AvgIpc) is 3.36. The van der Waals surface area contributed by atoms with Gasteiger partial charge in [0.25, 0.3) is 0 Å². The molecule has 11 heteroatoms. The minimum absolute atomic E-state index is 0.0943. The molecule has 0 aliphatic heterocycles. The molecule has 37 heavy (non-hydrogen) atoms. The topological polar surface area (TPSA) is 102 Å². The fourth-order valence-corrected chi connectivity index (χ4v) is 4.35. The molecule has 3 N–H and O–H groups in total. The van der Waals surface area contributed by atoms with E-state index in [0.717, 1.165) is 22.5 Å². The Bertz CT molecular complexity index is 1380. The van der Waals surface area contributed by atoms with E-state index in [1.807, 2.05) is 84.3 Å². The van der Waals surface area contributed by atoms with Crippen LogP contribution in [0.2, 0.25) is 0 Å². The molecule has 0 fully saturated rings. The van der Waals surface area contributed by atoms with Gasteiger partial charge in [-0.15, -0.1) is 10.2 Å². The second kappa shape index (κ2) is 12.2. The number of ether oxygens (including phenoxy) is 2. The van der Waals surface area contributed by atoms with E-state index in [2.05, 4.69) is 26.4 Å². The first-order chi connectivity index (χ1) is 18.0. The first kappa shape index (κ1) is 26.0. The van der Waals surface area contributed by atoms with Gasteiger partial charge < -0.3 is 14.8 Å². The number of thiocarbonyl (C=S) groups is 1. The summed E-state index contributed by atoms with van der Waals surface area (Å²) in [5.74, 6) is 1.63. The summed E-state index contributed by atoms with van der Waals surface area (Å²) in [7, 11) is 3.17. The highest BCUT2D eigenvalue weighted by molar-refractivity contribution is 7.99. The van der Waals surface area contributed by atoms with Crippen molar-refractivity contribution in [3.8, 4) is 28.6 Å². The normalized spacial score (nSPS) is 10.5.